The van der Waals surface area contributed by atoms with Gasteiger partial charge in [-0.2, -0.15) is 0 Å². The van der Waals surface area contributed by atoms with E-state index in [0.717, 1.165) is 26.1 Å². The van der Waals surface area contributed by atoms with Crippen molar-refractivity contribution in [3.05, 3.63) is 16.6 Å². The van der Waals surface area contributed by atoms with Crippen LogP contribution in [0.4, 0.5) is 0 Å². The van der Waals surface area contributed by atoms with Crippen LogP contribution in [0.3, 0.4) is 0 Å². The van der Waals surface area contributed by atoms with E-state index in [-0.39, 0.29) is 10.6 Å². The minimum absolute atomic E-state index is 0.0721. The molecule has 0 radical (unpaired) electrons. The van der Waals surface area contributed by atoms with Gasteiger partial charge in [0.05, 0.1) is 18.7 Å². The zero-order valence-corrected chi connectivity index (χ0v) is 16.5. The molecule has 132 valence electrons. The molecule has 0 heterocycles. The van der Waals surface area contributed by atoms with E-state index in [1.807, 2.05) is 0 Å². The first-order chi connectivity index (χ1) is 10.9. The van der Waals surface area contributed by atoms with Crippen molar-refractivity contribution in [2.24, 2.45) is 0 Å². The standard InChI is InChI=1S/C15H25BrN2O4S/c1-5-18(6-2)9-7-8-17-23(19,20)15-11-13(21-3)12(16)10-14(15)22-4/h10-11,17H,5-9H2,1-4H3. The normalized spacial score (nSPS) is 11.7. The van der Waals surface area contributed by atoms with E-state index in [2.05, 4.69) is 39.4 Å². The molecule has 0 amide bonds. The Balaban J connectivity index is 2.83. The maximum atomic E-state index is 12.5. The number of halogens is 1. The molecular weight excluding hydrogens is 384 g/mol. The van der Waals surface area contributed by atoms with E-state index >= 15 is 0 Å². The van der Waals surface area contributed by atoms with Crippen LogP contribution >= 0.6 is 15.9 Å². The van der Waals surface area contributed by atoms with E-state index in [1.54, 1.807) is 6.07 Å². The van der Waals surface area contributed by atoms with Crippen molar-refractivity contribution in [2.75, 3.05) is 40.4 Å². The van der Waals surface area contributed by atoms with Crippen molar-refractivity contribution in [1.82, 2.24) is 9.62 Å². The zero-order valence-electron chi connectivity index (χ0n) is 14.1. The number of methoxy groups -OCH3 is 2. The largest absolute Gasteiger partial charge is 0.496 e. The van der Waals surface area contributed by atoms with E-state index in [0.29, 0.717) is 16.8 Å². The van der Waals surface area contributed by atoms with E-state index in [1.165, 1.54) is 20.3 Å². The predicted molar refractivity (Wildman–Crippen MR) is 94.8 cm³/mol. The van der Waals surface area contributed by atoms with Crippen molar-refractivity contribution in [3.63, 3.8) is 0 Å². The number of benzene rings is 1. The minimum atomic E-state index is -3.66. The van der Waals surface area contributed by atoms with Gasteiger partial charge in [-0.05, 0) is 48.1 Å². The Morgan fingerprint density at radius 2 is 1.74 bits per heavy atom. The molecule has 0 aliphatic rings. The predicted octanol–water partition coefficient (Wildman–Crippen LogP) is 2.48. The van der Waals surface area contributed by atoms with Crippen LogP contribution in [0.5, 0.6) is 11.5 Å². The number of hydrogen-bond donors (Lipinski definition) is 1. The molecule has 1 N–H and O–H groups in total. The average molecular weight is 409 g/mol. The molecule has 0 aromatic heterocycles. The number of nitrogens with one attached hydrogen (secondary N) is 1. The quantitative estimate of drug-likeness (QED) is 0.602. The van der Waals surface area contributed by atoms with E-state index in [4.69, 9.17) is 9.47 Å². The summed E-state index contributed by atoms with van der Waals surface area (Å²) in [6, 6.07) is 3.04. The van der Waals surface area contributed by atoms with Crippen LogP contribution in [0.1, 0.15) is 20.3 Å². The molecule has 0 saturated heterocycles. The Morgan fingerprint density at radius 3 is 2.26 bits per heavy atom. The van der Waals surface area contributed by atoms with Crippen molar-refractivity contribution < 1.29 is 17.9 Å². The van der Waals surface area contributed by atoms with Crippen LogP contribution < -0.4 is 14.2 Å². The number of ether oxygens (including phenoxy) is 2. The zero-order chi connectivity index (χ0) is 17.5. The third kappa shape index (κ3) is 5.63. The van der Waals surface area contributed by atoms with Gasteiger partial charge in [-0.25, -0.2) is 13.1 Å². The summed E-state index contributed by atoms with van der Waals surface area (Å²) in [7, 11) is -0.733. The third-order valence-corrected chi connectivity index (χ3v) is 5.67. The lowest BCUT2D eigenvalue weighted by Gasteiger charge is -2.18. The lowest BCUT2D eigenvalue weighted by molar-refractivity contribution is 0.300. The van der Waals surface area contributed by atoms with Gasteiger partial charge in [0, 0.05) is 12.6 Å². The van der Waals surface area contributed by atoms with Gasteiger partial charge in [0.15, 0.2) is 0 Å². The van der Waals surface area contributed by atoms with Gasteiger partial charge in [-0.3, -0.25) is 0 Å². The summed E-state index contributed by atoms with van der Waals surface area (Å²) in [6.07, 6.45) is 0.747. The Labute approximate surface area is 147 Å². The molecule has 0 saturated carbocycles. The highest BCUT2D eigenvalue weighted by molar-refractivity contribution is 9.10. The number of hydrogen-bond acceptors (Lipinski definition) is 5. The smallest absolute Gasteiger partial charge is 0.244 e. The SMILES string of the molecule is CCN(CC)CCCNS(=O)(=O)c1cc(OC)c(Br)cc1OC. The highest BCUT2D eigenvalue weighted by Gasteiger charge is 2.21. The monoisotopic (exact) mass is 408 g/mol. The fourth-order valence-electron chi connectivity index (χ4n) is 2.17. The van der Waals surface area contributed by atoms with Crippen LogP contribution in [0, 0.1) is 0 Å². The molecule has 0 fully saturated rings. The maximum Gasteiger partial charge on any atom is 0.244 e. The lowest BCUT2D eigenvalue weighted by Crippen LogP contribution is -2.30. The van der Waals surface area contributed by atoms with Gasteiger partial charge >= 0.3 is 0 Å². The van der Waals surface area contributed by atoms with Gasteiger partial charge in [-0.1, -0.05) is 13.8 Å². The summed E-state index contributed by atoms with van der Waals surface area (Å²) in [6.45, 7) is 7.33. The Bertz CT molecular complexity index is 604. The molecule has 0 bridgehead atoms. The average Bonchev–Trinajstić information content (AvgIpc) is 2.54. The summed E-state index contributed by atoms with van der Waals surface area (Å²) >= 11 is 3.32. The van der Waals surface area contributed by atoms with Gasteiger partial charge in [-0.15, -0.1) is 0 Å². The number of rotatable bonds is 10. The Morgan fingerprint density at radius 1 is 1.13 bits per heavy atom. The minimum Gasteiger partial charge on any atom is -0.496 e. The maximum absolute atomic E-state index is 12.5. The fourth-order valence-corrected chi connectivity index (χ4v) is 3.89. The highest BCUT2D eigenvalue weighted by atomic mass is 79.9. The molecule has 0 atom stereocenters. The first-order valence-electron chi connectivity index (χ1n) is 7.53. The molecule has 1 aromatic rings. The first kappa shape index (κ1) is 20.2. The van der Waals surface area contributed by atoms with Crippen molar-refractivity contribution in [2.45, 2.75) is 25.2 Å². The van der Waals surface area contributed by atoms with Gasteiger partial charge < -0.3 is 14.4 Å². The molecule has 6 nitrogen and oxygen atoms in total. The second-order valence-corrected chi connectivity index (χ2v) is 7.51. The third-order valence-electron chi connectivity index (χ3n) is 3.57. The second kappa shape index (κ2) is 9.46. The number of sulfonamides is 1. The highest BCUT2D eigenvalue weighted by Crippen LogP contribution is 2.35. The molecule has 23 heavy (non-hydrogen) atoms. The molecule has 8 heteroatoms. The molecule has 0 unspecified atom stereocenters. The summed E-state index contributed by atoms with van der Waals surface area (Å²) in [5, 5.41) is 0. The Hall–Kier alpha value is -0.830. The van der Waals surface area contributed by atoms with Crippen LogP contribution in [-0.2, 0) is 10.0 Å². The summed E-state index contributed by atoms with van der Waals surface area (Å²) in [5.74, 6) is 0.711. The summed E-state index contributed by atoms with van der Waals surface area (Å²) in [4.78, 5) is 2.32. The molecule has 0 aliphatic heterocycles. The Kier molecular flexibility index (Phi) is 8.32. The summed E-state index contributed by atoms with van der Waals surface area (Å²) < 4.78 is 38.6. The van der Waals surface area contributed by atoms with Crippen molar-refractivity contribution in [3.8, 4) is 11.5 Å². The summed E-state index contributed by atoms with van der Waals surface area (Å²) in [5.41, 5.74) is 0. The van der Waals surface area contributed by atoms with Gasteiger partial charge in [0.25, 0.3) is 0 Å². The van der Waals surface area contributed by atoms with Gasteiger partial charge in [0.1, 0.15) is 16.4 Å². The van der Waals surface area contributed by atoms with Crippen LogP contribution in [0.25, 0.3) is 0 Å². The molecule has 1 rings (SSSR count). The van der Waals surface area contributed by atoms with E-state index in [9.17, 15) is 8.42 Å². The van der Waals surface area contributed by atoms with Crippen molar-refractivity contribution >= 4 is 26.0 Å². The second-order valence-electron chi connectivity index (χ2n) is 4.92. The lowest BCUT2D eigenvalue weighted by atomic mass is 10.3. The van der Waals surface area contributed by atoms with Crippen LogP contribution in [0.15, 0.2) is 21.5 Å². The molecule has 0 aliphatic carbocycles. The molecule has 0 spiro atoms. The fraction of sp³-hybridized carbons (Fsp3) is 0.600. The number of nitrogens with zero attached hydrogens (tertiary/aromatic N) is 1. The first-order valence-corrected chi connectivity index (χ1v) is 9.80. The van der Waals surface area contributed by atoms with Crippen LogP contribution in [-0.4, -0.2) is 53.7 Å². The van der Waals surface area contributed by atoms with Gasteiger partial charge in [0.2, 0.25) is 10.0 Å². The van der Waals surface area contributed by atoms with E-state index < -0.39 is 10.0 Å². The molecule has 1 aromatic carbocycles. The van der Waals surface area contributed by atoms with Crippen molar-refractivity contribution in [1.29, 1.82) is 0 Å². The topological polar surface area (TPSA) is 67.9 Å². The molecular formula is C15H25BrN2O4S. The van der Waals surface area contributed by atoms with Crippen LogP contribution in [0.2, 0.25) is 0 Å².